The van der Waals surface area contributed by atoms with Crippen LogP contribution < -0.4 is 4.74 Å². The van der Waals surface area contributed by atoms with Crippen molar-refractivity contribution in [3.05, 3.63) is 47.5 Å². The van der Waals surface area contributed by atoms with Gasteiger partial charge in [-0.1, -0.05) is 57.0 Å². The fourth-order valence-electron chi connectivity index (χ4n) is 3.56. The minimum atomic E-state index is -3.58. The second-order valence-electron chi connectivity index (χ2n) is 7.02. The minimum absolute atomic E-state index is 0.0448. The Bertz CT molecular complexity index is 1000. The number of hydrogen-bond donors (Lipinski definition) is 1. The Morgan fingerprint density at radius 3 is 2.52 bits per heavy atom. The van der Waals surface area contributed by atoms with Crippen LogP contribution in [0.5, 0.6) is 11.5 Å². The molecular formula is C22H26O4S. The summed E-state index contributed by atoms with van der Waals surface area (Å²) in [5, 5.41) is 11.1. The zero-order chi connectivity index (χ0) is 19.8. The Hall–Kier alpha value is -2.27. The normalized spacial score (nSPS) is 13.1. The van der Waals surface area contributed by atoms with Crippen molar-refractivity contribution >= 4 is 15.6 Å². The van der Waals surface area contributed by atoms with Crippen molar-refractivity contribution < 1.29 is 18.3 Å². The Kier molecular flexibility index (Phi) is 5.33. The van der Waals surface area contributed by atoms with E-state index >= 15 is 0 Å². The van der Waals surface area contributed by atoms with E-state index in [-0.39, 0.29) is 16.4 Å². The molecule has 0 aliphatic carbocycles. The number of hydrogen-bond acceptors (Lipinski definition) is 4. The number of ether oxygens (including phenoxy) is 1. The number of unbranched alkanes of at least 4 members (excludes halogenated alkanes) is 2. The molecule has 0 amide bonds. The number of rotatable bonds is 6. The first kappa shape index (κ1) is 19.5. The zero-order valence-electron chi connectivity index (χ0n) is 16.1. The van der Waals surface area contributed by atoms with E-state index in [4.69, 9.17) is 4.74 Å². The Balaban J connectivity index is 2.29. The second-order valence-corrected chi connectivity index (χ2v) is 9.24. The Morgan fingerprint density at radius 1 is 1.11 bits per heavy atom. The van der Waals surface area contributed by atoms with E-state index in [1.54, 1.807) is 13.0 Å². The first-order valence-corrected chi connectivity index (χ1v) is 11.0. The van der Waals surface area contributed by atoms with Crippen LogP contribution in [0.2, 0.25) is 0 Å². The molecule has 2 aromatic carbocycles. The summed E-state index contributed by atoms with van der Waals surface area (Å²) in [5.74, 6) is 0.703. The van der Waals surface area contributed by atoms with Crippen molar-refractivity contribution in [2.24, 2.45) is 0 Å². The van der Waals surface area contributed by atoms with Crippen LogP contribution in [-0.4, -0.2) is 19.3 Å². The molecule has 0 radical (unpaired) electrons. The lowest BCUT2D eigenvalue weighted by Crippen LogP contribution is -2.12. The Morgan fingerprint density at radius 2 is 1.85 bits per heavy atom. The summed E-state index contributed by atoms with van der Waals surface area (Å²) in [6.45, 7) is 9.64. The van der Waals surface area contributed by atoms with Gasteiger partial charge in [0.05, 0.1) is 11.3 Å². The van der Waals surface area contributed by atoms with Gasteiger partial charge in [-0.25, -0.2) is 8.42 Å². The molecule has 144 valence electrons. The van der Waals surface area contributed by atoms with E-state index in [2.05, 4.69) is 13.5 Å². The highest BCUT2D eigenvalue weighted by Gasteiger charge is 2.31. The average Bonchev–Trinajstić information content (AvgIpc) is 2.61. The van der Waals surface area contributed by atoms with Gasteiger partial charge in [-0.3, -0.25) is 0 Å². The fraction of sp³-hybridized carbons (Fsp3) is 0.364. The number of fused-ring (bicyclic) bond motifs is 3. The third-order valence-electron chi connectivity index (χ3n) is 5.01. The van der Waals surface area contributed by atoms with Gasteiger partial charge in [0.1, 0.15) is 22.2 Å². The molecule has 2 aromatic rings. The van der Waals surface area contributed by atoms with Crippen LogP contribution in [0.3, 0.4) is 0 Å². The number of phenols is 1. The highest BCUT2D eigenvalue weighted by molar-refractivity contribution is 7.91. The first-order chi connectivity index (χ1) is 12.8. The van der Waals surface area contributed by atoms with Crippen LogP contribution >= 0.6 is 0 Å². The largest absolute Gasteiger partial charge is 0.506 e. The van der Waals surface area contributed by atoms with Crippen molar-refractivity contribution in [2.75, 3.05) is 5.75 Å². The van der Waals surface area contributed by atoms with Gasteiger partial charge in [0.2, 0.25) is 0 Å². The minimum Gasteiger partial charge on any atom is -0.506 e. The molecule has 1 aliphatic rings. The first-order valence-electron chi connectivity index (χ1n) is 9.39. The van der Waals surface area contributed by atoms with Gasteiger partial charge in [0.15, 0.2) is 9.84 Å². The molecule has 27 heavy (non-hydrogen) atoms. The van der Waals surface area contributed by atoms with Gasteiger partial charge in [-0.15, -0.1) is 0 Å². The van der Waals surface area contributed by atoms with E-state index in [1.165, 1.54) is 0 Å². The maximum atomic E-state index is 12.8. The third kappa shape index (κ3) is 3.48. The molecule has 0 atom stereocenters. The topological polar surface area (TPSA) is 63.6 Å². The quantitative estimate of drug-likeness (QED) is 0.688. The van der Waals surface area contributed by atoms with Gasteiger partial charge < -0.3 is 9.84 Å². The molecule has 1 N–H and O–H groups in total. The standard InChI is InChI=1S/C22H26O4S/c1-5-7-8-9-16-13-19-20(21(23)22(16)27(24,25)6-2)18-12-14(3)10-11-17(18)15(4)26-19/h10-13,23H,4-9H2,1-3H3. The molecule has 0 fully saturated rings. The SMILES string of the molecule is C=C1Oc2cc(CCCCC)c(S(=O)(=O)CC)c(O)c2-c2cc(C)ccc21. The molecule has 0 saturated carbocycles. The molecule has 0 unspecified atom stereocenters. The second kappa shape index (κ2) is 7.39. The smallest absolute Gasteiger partial charge is 0.182 e. The van der Waals surface area contributed by atoms with Gasteiger partial charge >= 0.3 is 0 Å². The van der Waals surface area contributed by atoms with Gasteiger partial charge in [-0.05, 0) is 31.4 Å². The van der Waals surface area contributed by atoms with E-state index in [0.717, 1.165) is 36.0 Å². The van der Waals surface area contributed by atoms with Crippen molar-refractivity contribution in [1.82, 2.24) is 0 Å². The summed E-state index contributed by atoms with van der Waals surface area (Å²) >= 11 is 0. The van der Waals surface area contributed by atoms with Gasteiger partial charge in [0, 0.05) is 11.1 Å². The van der Waals surface area contributed by atoms with E-state index in [0.29, 0.717) is 29.1 Å². The van der Waals surface area contributed by atoms with Crippen molar-refractivity contribution in [1.29, 1.82) is 0 Å². The predicted molar refractivity (Wildman–Crippen MR) is 109 cm³/mol. The van der Waals surface area contributed by atoms with Crippen LogP contribution in [0.15, 0.2) is 35.7 Å². The highest BCUT2D eigenvalue weighted by atomic mass is 32.2. The van der Waals surface area contributed by atoms with Crippen molar-refractivity contribution in [3.63, 3.8) is 0 Å². The maximum Gasteiger partial charge on any atom is 0.182 e. The molecule has 5 heteroatoms. The molecule has 0 bridgehead atoms. The lowest BCUT2D eigenvalue weighted by atomic mass is 9.91. The third-order valence-corrected chi connectivity index (χ3v) is 6.85. The van der Waals surface area contributed by atoms with Crippen LogP contribution in [-0.2, 0) is 16.3 Å². The Labute approximate surface area is 161 Å². The molecule has 1 aliphatic heterocycles. The van der Waals surface area contributed by atoms with Crippen LogP contribution in [0.25, 0.3) is 16.9 Å². The number of aromatic hydroxyl groups is 1. The summed E-state index contributed by atoms with van der Waals surface area (Å²) in [5.41, 5.74) is 3.59. The number of phenolic OH excluding ortho intramolecular Hbond substituents is 1. The summed E-state index contributed by atoms with van der Waals surface area (Å²) in [4.78, 5) is 0.0448. The molecular weight excluding hydrogens is 360 g/mol. The summed E-state index contributed by atoms with van der Waals surface area (Å²) in [6.07, 6.45) is 3.48. The number of aryl methyl sites for hydroxylation is 2. The average molecular weight is 387 g/mol. The molecule has 1 heterocycles. The lowest BCUT2D eigenvalue weighted by Gasteiger charge is -2.26. The predicted octanol–water partition coefficient (Wildman–Crippen LogP) is 5.26. The van der Waals surface area contributed by atoms with Crippen LogP contribution in [0.4, 0.5) is 0 Å². The van der Waals surface area contributed by atoms with E-state index in [1.807, 2.05) is 25.1 Å². The maximum absolute atomic E-state index is 12.8. The molecule has 0 spiro atoms. The van der Waals surface area contributed by atoms with Crippen molar-refractivity contribution in [2.45, 2.75) is 51.3 Å². The molecule has 4 nitrogen and oxygen atoms in total. The van der Waals surface area contributed by atoms with Crippen LogP contribution in [0.1, 0.15) is 49.8 Å². The van der Waals surface area contributed by atoms with E-state index < -0.39 is 9.84 Å². The molecule has 3 rings (SSSR count). The zero-order valence-corrected chi connectivity index (χ0v) is 16.9. The van der Waals surface area contributed by atoms with Crippen molar-refractivity contribution in [3.8, 4) is 22.6 Å². The highest BCUT2D eigenvalue weighted by Crippen LogP contribution is 2.50. The summed E-state index contributed by atoms with van der Waals surface area (Å²) in [6, 6.07) is 7.53. The number of sulfone groups is 1. The monoisotopic (exact) mass is 386 g/mol. The van der Waals surface area contributed by atoms with Gasteiger partial charge in [0.25, 0.3) is 0 Å². The van der Waals surface area contributed by atoms with Gasteiger partial charge in [-0.2, -0.15) is 0 Å². The molecule has 0 saturated heterocycles. The fourth-order valence-corrected chi connectivity index (χ4v) is 4.80. The number of benzene rings is 2. The molecule has 0 aromatic heterocycles. The van der Waals surface area contributed by atoms with Crippen LogP contribution in [0, 0.1) is 6.92 Å². The summed E-state index contributed by atoms with van der Waals surface area (Å²) < 4.78 is 31.4. The summed E-state index contributed by atoms with van der Waals surface area (Å²) in [7, 11) is -3.58. The lowest BCUT2D eigenvalue weighted by molar-refractivity contribution is 0.447. The van der Waals surface area contributed by atoms with E-state index in [9.17, 15) is 13.5 Å².